The number of ether oxygens (including phenoxy) is 1. The highest BCUT2D eigenvalue weighted by molar-refractivity contribution is 4.96. The first-order valence-corrected chi connectivity index (χ1v) is 6.48. The Bertz CT molecular complexity index is 227. The van der Waals surface area contributed by atoms with Crippen molar-refractivity contribution in [3.63, 3.8) is 0 Å². The van der Waals surface area contributed by atoms with Crippen LogP contribution in [0.3, 0.4) is 0 Å². The van der Waals surface area contributed by atoms with Gasteiger partial charge in [-0.25, -0.2) is 0 Å². The molecule has 0 aromatic rings. The Morgan fingerprint density at radius 2 is 2.20 bits per heavy atom. The van der Waals surface area contributed by atoms with E-state index < -0.39 is 0 Å². The van der Waals surface area contributed by atoms with Crippen molar-refractivity contribution in [1.82, 2.24) is 5.32 Å². The summed E-state index contributed by atoms with van der Waals surface area (Å²) in [6.45, 7) is 8.92. The summed E-state index contributed by atoms with van der Waals surface area (Å²) in [6.07, 6.45) is 6.32. The van der Waals surface area contributed by atoms with Crippen molar-refractivity contribution in [2.24, 2.45) is 5.92 Å². The van der Waals surface area contributed by atoms with Gasteiger partial charge in [0.25, 0.3) is 0 Å². The minimum absolute atomic E-state index is 0.0648. The van der Waals surface area contributed by atoms with Gasteiger partial charge < -0.3 is 10.1 Å². The first kappa shape index (κ1) is 11.4. The summed E-state index contributed by atoms with van der Waals surface area (Å²) >= 11 is 0. The van der Waals surface area contributed by atoms with Crippen LogP contribution in [0.15, 0.2) is 0 Å². The molecule has 1 aliphatic heterocycles. The Morgan fingerprint density at radius 1 is 1.40 bits per heavy atom. The zero-order chi connectivity index (χ0) is 10.9. The molecule has 2 heteroatoms. The van der Waals surface area contributed by atoms with Gasteiger partial charge in [0.05, 0.1) is 11.2 Å². The van der Waals surface area contributed by atoms with Gasteiger partial charge in [-0.2, -0.15) is 0 Å². The number of rotatable bonds is 1. The maximum absolute atomic E-state index is 6.46. The smallest absolute Gasteiger partial charge is 0.0816 e. The SMILES string of the molecule is CCC1(C)CNCC2(CCCC(C)C2)O1. The van der Waals surface area contributed by atoms with Crippen LogP contribution in [-0.4, -0.2) is 24.3 Å². The summed E-state index contributed by atoms with van der Waals surface area (Å²) in [5.41, 5.74) is 0.218. The largest absolute Gasteiger partial charge is 0.366 e. The highest BCUT2D eigenvalue weighted by Crippen LogP contribution is 2.40. The lowest BCUT2D eigenvalue weighted by Crippen LogP contribution is -2.60. The van der Waals surface area contributed by atoms with Gasteiger partial charge in [-0.05, 0) is 32.1 Å². The number of morpholine rings is 1. The second-order valence-corrected chi connectivity index (χ2v) is 5.89. The van der Waals surface area contributed by atoms with E-state index in [1.165, 1.54) is 25.7 Å². The second-order valence-electron chi connectivity index (χ2n) is 5.89. The standard InChI is InChI=1S/C13H25NO/c1-4-12(3)9-14-10-13(15-12)7-5-6-11(2)8-13/h11,14H,4-10H2,1-3H3. The van der Waals surface area contributed by atoms with Crippen LogP contribution in [0, 0.1) is 5.92 Å². The van der Waals surface area contributed by atoms with E-state index in [9.17, 15) is 0 Å². The molecule has 0 radical (unpaired) electrons. The Hall–Kier alpha value is -0.0800. The van der Waals surface area contributed by atoms with Crippen molar-refractivity contribution in [2.75, 3.05) is 13.1 Å². The second kappa shape index (κ2) is 4.06. The van der Waals surface area contributed by atoms with E-state index in [2.05, 4.69) is 26.1 Å². The fourth-order valence-electron chi connectivity index (χ4n) is 3.21. The molecular formula is C13H25NO. The van der Waals surface area contributed by atoms with E-state index in [1.54, 1.807) is 0 Å². The summed E-state index contributed by atoms with van der Waals surface area (Å²) in [7, 11) is 0. The van der Waals surface area contributed by atoms with Gasteiger partial charge in [-0.15, -0.1) is 0 Å². The summed E-state index contributed by atoms with van der Waals surface area (Å²) in [5.74, 6) is 0.833. The average molecular weight is 211 g/mol. The molecule has 1 saturated carbocycles. The average Bonchev–Trinajstić information content (AvgIpc) is 2.17. The van der Waals surface area contributed by atoms with Gasteiger partial charge in [0.15, 0.2) is 0 Å². The minimum Gasteiger partial charge on any atom is -0.366 e. The van der Waals surface area contributed by atoms with Gasteiger partial charge >= 0.3 is 0 Å². The van der Waals surface area contributed by atoms with Crippen molar-refractivity contribution in [3.8, 4) is 0 Å². The van der Waals surface area contributed by atoms with Crippen LogP contribution in [0.5, 0.6) is 0 Å². The molecular weight excluding hydrogens is 186 g/mol. The molecule has 2 fully saturated rings. The normalized spacial score (nSPS) is 47.0. The van der Waals surface area contributed by atoms with E-state index in [1.807, 2.05) is 0 Å². The van der Waals surface area contributed by atoms with Crippen LogP contribution < -0.4 is 5.32 Å². The van der Waals surface area contributed by atoms with Gasteiger partial charge in [0.2, 0.25) is 0 Å². The molecule has 2 rings (SSSR count). The van der Waals surface area contributed by atoms with Crippen LogP contribution in [-0.2, 0) is 4.74 Å². The fourth-order valence-corrected chi connectivity index (χ4v) is 3.21. The molecule has 1 N–H and O–H groups in total. The van der Waals surface area contributed by atoms with Gasteiger partial charge in [0, 0.05) is 13.1 Å². The molecule has 1 heterocycles. The van der Waals surface area contributed by atoms with E-state index in [0.717, 1.165) is 25.4 Å². The van der Waals surface area contributed by atoms with Gasteiger partial charge in [-0.1, -0.05) is 26.7 Å². The van der Waals surface area contributed by atoms with Crippen molar-refractivity contribution in [2.45, 2.75) is 64.1 Å². The maximum atomic E-state index is 6.46. The molecule has 3 atom stereocenters. The molecule has 15 heavy (non-hydrogen) atoms. The fraction of sp³-hybridized carbons (Fsp3) is 1.00. The van der Waals surface area contributed by atoms with Crippen LogP contribution in [0.1, 0.15) is 52.9 Å². The van der Waals surface area contributed by atoms with Crippen molar-refractivity contribution < 1.29 is 4.74 Å². The lowest BCUT2D eigenvalue weighted by atomic mass is 9.77. The predicted molar refractivity (Wildman–Crippen MR) is 63.0 cm³/mol. The van der Waals surface area contributed by atoms with Gasteiger partial charge in [0.1, 0.15) is 0 Å². The number of hydrogen-bond acceptors (Lipinski definition) is 2. The molecule has 1 aliphatic carbocycles. The van der Waals surface area contributed by atoms with Crippen molar-refractivity contribution in [1.29, 1.82) is 0 Å². The molecule has 1 saturated heterocycles. The molecule has 3 unspecified atom stereocenters. The van der Waals surface area contributed by atoms with Crippen LogP contribution in [0.4, 0.5) is 0 Å². The lowest BCUT2D eigenvalue weighted by Gasteiger charge is -2.50. The predicted octanol–water partition coefficient (Wildman–Crippen LogP) is 2.72. The molecule has 88 valence electrons. The number of nitrogens with one attached hydrogen (secondary N) is 1. The zero-order valence-electron chi connectivity index (χ0n) is 10.4. The summed E-state index contributed by atoms with van der Waals surface area (Å²) in [6, 6.07) is 0. The molecule has 2 nitrogen and oxygen atoms in total. The molecule has 1 spiro atoms. The Morgan fingerprint density at radius 3 is 2.87 bits per heavy atom. The number of hydrogen-bond donors (Lipinski definition) is 1. The maximum Gasteiger partial charge on any atom is 0.0816 e. The minimum atomic E-state index is 0.0648. The van der Waals surface area contributed by atoms with Gasteiger partial charge in [-0.3, -0.25) is 0 Å². The Kier molecular flexibility index (Phi) is 3.09. The van der Waals surface area contributed by atoms with Crippen LogP contribution in [0.25, 0.3) is 0 Å². The zero-order valence-corrected chi connectivity index (χ0v) is 10.4. The first-order valence-electron chi connectivity index (χ1n) is 6.48. The van der Waals surface area contributed by atoms with Crippen molar-refractivity contribution >= 4 is 0 Å². The molecule has 0 aromatic heterocycles. The Balaban J connectivity index is 2.07. The topological polar surface area (TPSA) is 21.3 Å². The van der Waals surface area contributed by atoms with E-state index in [4.69, 9.17) is 4.74 Å². The molecule has 0 aromatic carbocycles. The monoisotopic (exact) mass is 211 g/mol. The van der Waals surface area contributed by atoms with Crippen LogP contribution >= 0.6 is 0 Å². The van der Waals surface area contributed by atoms with E-state index in [0.29, 0.717) is 0 Å². The molecule has 2 aliphatic rings. The van der Waals surface area contributed by atoms with Crippen LogP contribution in [0.2, 0.25) is 0 Å². The van der Waals surface area contributed by atoms with E-state index >= 15 is 0 Å². The highest BCUT2D eigenvalue weighted by Gasteiger charge is 2.44. The third-order valence-electron chi connectivity index (χ3n) is 4.21. The third-order valence-corrected chi connectivity index (χ3v) is 4.21. The highest BCUT2D eigenvalue weighted by atomic mass is 16.5. The molecule has 0 bridgehead atoms. The van der Waals surface area contributed by atoms with Crippen molar-refractivity contribution in [3.05, 3.63) is 0 Å². The summed E-state index contributed by atoms with van der Waals surface area (Å²) < 4.78 is 6.46. The summed E-state index contributed by atoms with van der Waals surface area (Å²) in [5, 5.41) is 3.58. The lowest BCUT2D eigenvalue weighted by molar-refractivity contribution is -0.190. The third kappa shape index (κ3) is 2.36. The summed E-state index contributed by atoms with van der Waals surface area (Å²) in [4.78, 5) is 0. The Labute approximate surface area is 93.8 Å². The van der Waals surface area contributed by atoms with E-state index in [-0.39, 0.29) is 11.2 Å². The quantitative estimate of drug-likeness (QED) is 0.720. The first-order chi connectivity index (χ1) is 7.08. The molecule has 0 amide bonds.